The molecular weight excluding hydrogens is 418 g/mol. The molecular formula is C26H45N3O4. The van der Waals surface area contributed by atoms with E-state index in [9.17, 15) is 19.5 Å². The Kier molecular flexibility index (Phi) is 9.53. The molecule has 2 amide bonds. The van der Waals surface area contributed by atoms with E-state index in [4.69, 9.17) is 0 Å². The summed E-state index contributed by atoms with van der Waals surface area (Å²) in [5.74, 6) is -1.21. The topological polar surface area (TPSA) is 90.0 Å². The van der Waals surface area contributed by atoms with Crippen LogP contribution in [-0.2, 0) is 14.4 Å². The van der Waals surface area contributed by atoms with Crippen molar-refractivity contribution < 1.29 is 19.5 Å². The molecule has 0 radical (unpaired) electrons. The van der Waals surface area contributed by atoms with Crippen molar-refractivity contribution >= 4 is 17.8 Å². The number of hydrogen-bond acceptors (Lipinski definition) is 4. The van der Waals surface area contributed by atoms with Gasteiger partial charge < -0.3 is 15.3 Å². The number of nitrogens with zero attached hydrogens (tertiary/aromatic N) is 2. The van der Waals surface area contributed by atoms with Crippen LogP contribution in [0.2, 0.25) is 0 Å². The molecule has 2 N–H and O–H groups in total. The summed E-state index contributed by atoms with van der Waals surface area (Å²) in [6, 6.07) is -0.774. The maximum atomic E-state index is 13.7. The third-order valence-electron chi connectivity index (χ3n) is 7.28. The highest BCUT2D eigenvalue weighted by Crippen LogP contribution is 2.30. The minimum atomic E-state index is -0.994. The first-order chi connectivity index (χ1) is 15.3. The Balaban J connectivity index is 2.23. The summed E-state index contributed by atoms with van der Waals surface area (Å²) in [5, 5.41) is 12.4. The molecule has 1 saturated carbocycles. The van der Waals surface area contributed by atoms with E-state index in [1.165, 1.54) is 12.8 Å². The van der Waals surface area contributed by atoms with Crippen molar-refractivity contribution in [3.63, 3.8) is 0 Å². The second-order valence-electron chi connectivity index (χ2n) is 11.3. The van der Waals surface area contributed by atoms with Gasteiger partial charge in [-0.1, -0.05) is 60.0 Å². The first kappa shape index (κ1) is 27.4. The number of hydrogen-bond donors (Lipinski definition) is 2. The highest BCUT2D eigenvalue weighted by atomic mass is 16.4. The lowest BCUT2D eigenvalue weighted by Gasteiger charge is -2.41. The van der Waals surface area contributed by atoms with Gasteiger partial charge in [-0.2, -0.15) is 0 Å². The summed E-state index contributed by atoms with van der Waals surface area (Å²) < 4.78 is 0. The van der Waals surface area contributed by atoms with Crippen LogP contribution in [0.15, 0.2) is 11.6 Å². The van der Waals surface area contributed by atoms with Gasteiger partial charge in [-0.25, -0.2) is 4.79 Å². The first-order valence-corrected chi connectivity index (χ1v) is 12.6. The number of piperidine rings is 1. The third-order valence-corrected chi connectivity index (χ3v) is 7.28. The largest absolute Gasteiger partial charge is 0.478 e. The molecule has 0 spiro atoms. The molecule has 2 fully saturated rings. The second-order valence-corrected chi connectivity index (χ2v) is 11.3. The molecule has 1 heterocycles. The number of likely N-dealkylation sites (N-methyl/N-ethyl adjacent to an activating group) is 1. The molecule has 1 unspecified atom stereocenters. The maximum absolute atomic E-state index is 13.7. The lowest BCUT2D eigenvalue weighted by molar-refractivity contribution is -0.142. The Morgan fingerprint density at radius 1 is 1.06 bits per heavy atom. The van der Waals surface area contributed by atoms with Crippen LogP contribution in [0.25, 0.3) is 0 Å². The monoisotopic (exact) mass is 463 g/mol. The van der Waals surface area contributed by atoms with E-state index in [0.717, 1.165) is 38.6 Å². The number of aliphatic carboxylic acids is 1. The summed E-state index contributed by atoms with van der Waals surface area (Å²) in [5.41, 5.74) is -0.278. The number of rotatable bonds is 8. The Hall–Kier alpha value is -1.89. The van der Waals surface area contributed by atoms with E-state index < -0.39 is 17.4 Å². The molecule has 0 aromatic heterocycles. The van der Waals surface area contributed by atoms with Gasteiger partial charge in [-0.05, 0) is 50.5 Å². The van der Waals surface area contributed by atoms with Gasteiger partial charge in [0.1, 0.15) is 6.04 Å². The fraction of sp³-hybridized carbons (Fsp3) is 0.808. The Morgan fingerprint density at radius 2 is 1.64 bits per heavy atom. The zero-order chi connectivity index (χ0) is 24.9. The molecule has 33 heavy (non-hydrogen) atoms. The van der Waals surface area contributed by atoms with Crippen molar-refractivity contribution in [2.24, 2.45) is 11.3 Å². The van der Waals surface area contributed by atoms with E-state index in [1.54, 1.807) is 24.9 Å². The molecule has 7 nitrogen and oxygen atoms in total. The molecule has 1 aliphatic carbocycles. The van der Waals surface area contributed by atoms with Crippen LogP contribution in [0.3, 0.4) is 0 Å². The van der Waals surface area contributed by atoms with E-state index in [1.807, 2.05) is 34.6 Å². The predicted molar refractivity (Wildman–Crippen MR) is 131 cm³/mol. The SMILES string of the molecule is CC(=C[C@H](C(C)C)N(C)C(=O)[C@@H](NC(=O)C1CCCCN1C1CCCC1)C(C)(C)C)C(=O)O. The minimum Gasteiger partial charge on any atom is -0.478 e. The fourth-order valence-electron chi connectivity index (χ4n) is 5.22. The molecule has 0 bridgehead atoms. The van der Waals surface area contributed by atoms with Crippen molar-refractivity contribution in [2.45, 2.75) is 111 Å². The minimum absolute atomic E-state index is 0.0285. The molecule has 188 valence electrons. The summed E-state index contributed by atoms with van der Waals surface area (Å²) in [6.45, 7) is 12.3. The predicted octanol–water partition coefficient (Wildman–Crippen LogP) is 3.83. The Morgan fingerprint density at radius 3 is 2.15 bits per heavy atom. The summed E-state index contributed by atoms with van der Waals surface area (Å²) in [7, 11) is 1.70. The summed E-state index contributed by atoms with van der Waals surface area (Å²) >= 11 is 0. The number of nitrogens with one attached hydrogen (secondary N) is 1. The van der Waals surface area contributed by atoms with Gasteiger partial charge in [0.2, 0.25) is 11.8 Å². The van der Waals surface area contributed by atoms with Crippen molar-refractivity contribution in [3.8, 4) is 0 Å². The first-order valence-electron chi connectivity index (χ1n) is 12.6. The fourth-order valence-corrected chi connectivity index (χ4v) is 5.22. The average Bonchev–Trinajstić information content (AvgIpc) is 3.28. The van der Waals surface area contributed by atoms with Crippen LogP contribution < -0.4 is 5.32 Å². The lowest BCUT2D eigenvalue weighted by atomic mass is 9.84. The Bertz CT molecular complexity index is 734. The highest BCUT2D eigenvalue weighted by molar-refractivity contribution is 5.91. The van der Waals surface area contributed by atoms with Crippen LogP contribution in [-0.4, -0.2) is 70.4 Å². The summed E-state index contributed by atoms with van der Waals surface area (Å²) in [6.07, 6.45) is 9.37. The number of carbonyl (C=O) groups is 3. The zero-order valence-electron chi connectivity index (χ0n) is 21.7. The Labute approximate surface area is 200 Å². The van der Waals surface area contributed by atoms with Crippen molar-refractivity contribution in [3.05, 3.63) is 11.6 Å². The number of amides is 2. The van der Waals surface area contributed by atoms with Gasteiger partial charge >= 0.3 is 5.97 Å². The van der Waals surface area contributed by atoms with Gasteiger partial charge in [-0.15, -0.1) is 0 Å². The molecule has 0 aromatic rings. The molecule has 3 atom stereocenters. The van der Waals surface area contributed by atoms with Crippen molar-refractivity contribution in [1.29, 1.82) is 0 Å². The maximum Gasteiger partial charge on any atom is 0.331 e. The van der Waals surface area contributed by atoms with Crippen LogP contribution in [0, 0.1) is 11.3 Å². The van der Waals surface area contributed by atoms with Gasteiger partial charge in [0.15, 0.2) is 0 Å². The molecule has 1 aliphatic heterocycles. The zero-order valence-corrected chi connectivity index (χ0v) is 21.7. The van der Waals surface area contributed by atoms with Crippen LogP contribution in [0.5, 0.6) is 0 Å². The number of likely N-dealkylation sites (tertiary alicyclic amines) is 1. The second kappa shape index (κ2) is 11.5. The normalized spacial score (nSPS) is 22.8. The smallest absolute Gasteiger partial charge is 0.331 e. The molecule has 0 aromatic carbocycles. The van der Waals surface area contributed by atoms with Gasteiger partial charge in [0.05, 0.1) is 12.1 Å². The van der Waals surface area contributed by atoms with Crippen molar-refractivity contribution in [2.75, 3.05) is 13.6 Å². The van der Waals surface area contributed by atoms with Crippen LogP contribution in [0.1, 0.15) is 86.5 Å². The molecule has 2 aliphatic rings. The van der Waals surface area contributed by atoms with Crippen LogP contribution >= 0.6 is 0 Å². The molecule has 7 heteroatoms. The van der Waals surface area contributed by atoms with Crippen LogP contribution in [0.4, 0.5) is 0 Å². The molecule has 2 rings (SSSR count). The van der Waals surface area contributed by atoms with Gasteiger partial charge in [0, 0.05) is 18.7 Å². The van der Waals surface area contributed by atoms with Crippen molar-refractivity contribution in [1.82, 2.24) is 15.1 Å². The average molecular weight is 464 g/mol. The standard InChI is InChI=1S/C26H45N3O4/c1-17(2)21(16-18(3)25(32)33)28(7)24(31)22(26(4,5)6)27-23(30)20-14-10-11-15-29(20)19-12-8-9-13-19/h16-17,19-22H,8-15H2,1-7H3,(H,27,30)(H,32,33)/t20?,21-,22-/m1/s1. The van der Waals surface area contributed by atoms with E-state index in [2.05, 4.69) is 10.2 Å². The van der Waals surface area contributed by atoms with E-state index in [0.29, 0.717) is 6.04 Å². The number of carboxylic acids is 1. The number of carboxylic acid groups (broad SMARTS) is 1. The van der Waals surface area contributed by atoms with Gasteiger partial charge in [-0.3, -0.25) is 14.5 Å². The van der Waals surface area contributed by atoms with Gasteiger partial charge in [0.25, 0.3) is 0 Å². The lowest BCUT2D eigenvalue weighted by Crippen LogP contribution is -2.60. The quantitative estimate of drug-likeness (QED) is 0.534. The third kappa shape index (κ3) is 7.05. The highest BCUT2D eigenvalue weighted by Gasteiger charge is 2.40. The summed E-state index contributed by atoms with van der Waals surface area (Å²) in [4.78, 5) is 42.5. The van der Waals surface area contributed by atoms with E-state index in [-0.39, 0.29) is 35.4 Å². The van der Waals surface area contributed by atoms with E-state index >= 15 is 0 Å². The number of carbonyl (C=O) groups excluding carboxylic acids is 2. The molecule has 1 saturated heterocycles.